The first-order valence-electron chi connectivity index (χ1n) is 9.88. The molecule has 0 saturated heterocycles. The van der Waals surface area contributed by atoms with Crippen molar-refractivity contribution in [1.82, 2.24) is 0 Å². The SMILES string of the molecule is CC=C(OC(=CC)C(CC)CCCC)C(CC)CCCC.O.O=S(=O)(O)O.[NaH]. The van der Waals surface area contributed by atoms with Gasteiger partial charge in [-0.25, -0.2) is 0 Å². The molecule has 2 atom stereocenters. The molecule has 0 aromatic rings. The van der Waals surface area contributed by atoms with Crippen molar-refractivity contribution in [2.75, 3.05) is 0 Å². The monoisotopic (exact) mass is 434 g/mol. The summed E-state index contributed by atoms with van der Waals surface area (Å²) in [5, 5.41) is 0. The van der Waals surface area contributed by atoms with E-state index in [0.717, 1.165) is 0 Å². The first kappa shape index (κ1) is 35.5. The predicted octanol–water partition coefficient (Wildman–Crippen LogP) is 5.12. The van der Waals surface area contributed by atoms with Crippen LogP contribution in [0.25, 0.3) is 0 Å². The predicted molar refractivity (Wildman–Crippen MR) is 120 cm³/mol. The summed E-state index contributed by atoms with van der Waals surface area (Å²) in [5.74, 6) is 3.53. The van der Waals surface area contributed by atoms with E-state index in [9.17, 15) is 0 Å². The van der Waals surface area contributed by atoms with E-state index in [-0.39, 0.29) is 35.0 Å². The third kappa shape index (κ3) is 20.8. The van der Waals surface area contributed by atoms with Crippen LogP contribution >= 0.6 is 0 Å². The summed E-state index contributed by atoms with van der Waals surface area (Å²) in [6, 6.07) is 0. The molecule has 166 valence electrons. The van der Waals surface area contributed by atoms with Crippen molar-refractivity contribution < 1.29 is 27.7 Å². The average molecular weight is 435 g/mol. The van der Waals surface area contributed by atoms with Gasteiger partial charge in [0, 0.05) is 11.8 Å². The number of rotatable bonds is 12. The minimum atomic E-state index is -4.67. The fraction of sp³-hybridized carbons (Fsp3) is 0.800. The molecule has 0 rings (SSSR count). The number of hydrogen-bond donors (Lipinski definition) is 2. The second-order valence-corrected chi connectivity index (χ2v) is 7.32. The van der Waals surface area contributed by atoms with Gasteiger partial charge in [-0.2, -0.15) is 8.42 Å². The van der Waals surface area contributed by atoms with Crippen molar-refractivity contribution in [1.29, 1.82) is 0 Å². The van der Waals surface area contributed by atoms with Crippen LogP contribution < -0.4 is 0 Å². The van der Waals surface area contributed by atoms with Crippen LogP contribution in [0.5, 0.6) is 0 Å². The Kier molecular flexibility index (Phi) is 27.7. The number of unbranched alkanes of at least 4 members (excludes halogenated alkanes) is 2. The molecule has 0 bridgehead atoms. The summed E-state index contributed by atoms with van der Waals surface area (Å²) in [6.07, 6.45) is 14.3. The summed E-state index contributed by atoms with van der Waals surface area (Å²) < 4.78 is 38.0. The van der Waals surface area contributed by atoms with E-state index < -0.39 is 10.4 Å². The summed E-state index contributed by atoms with van der Waals surface area (Å²) in [7, 11) is -4.67. The first-order chi connectivity index (χ1) is 12.2. The number of ether oxygens (including phenoxy) is 1. The molecule has 28 heavy (non-hydrogen) atoms. The van der Waals surface area contributed by atoms with Crippen molar-refractivity contribution in [3.8, 4) is 0 Å². The quantitative estimate of drug-likeness (QED) is 0.251. The van der Waals surface area contributed by atoms with Gasteiger partial charge in [0.1, 0.15) is 11.5 Å². The van der Waals surface area contributed by atoms with E-state index in [1.54, 1.807) is 0 Å². The average Bonchev–Trinajstić information content (AvgIpc) is 2.58. The van der Waals surface area contributed by atoms with Crippen molar-refractivity contribution >= 4 is 40.0 Å². The fourth-order valence-electron chi connectivity index (χ4n) is 2.89. The van der Waals surface area contributed by atoms with E-state index in [1.165, 1.54) is 62.9 Å². The van der Waals surface area contributed by atoms with Crippen LogP contribution in [0.2, 0.25) is 0 Å². The zero-order chi connectivity index (χ0) is 20.6. The topological polar surface area (TPSA) is 115 Å². The third-order valence-electron chi connectivity index (χ3n) is 4.41. The van der Waals surface area contributed by atoms with Gasteiger partial charge in [0.15, 0.2) is 0 Å². The van der Waals surface area contributed by atoms with Crippen molar-refractivity contribution in [3.05, 3.63) is 23.7 Å². The molecule has 4 N–H and O–H groups in total. The van der Waals surface area contributed by atoms with Gasteiger partial charge in [0.25, 0.3) is 0 Å². The van der Waals surface area contributed by atoms with E-state index in [2.05, 4.69) is 53.7 Å². The summed E-state index contributed by atoms with van der Waals surface area (Å²) in [5.41, 5.74) is 0. The van der Waals surface area contributed by atoms with E-state index >= 15 is 0 Å². The van der Waals surface area contributed by atoms with Gasteiger partial charge < -0.3 is 10.2 Å². The van der Waals surface area contributed by atoms with Crippen LogP contribution in [0.1, 0.15) is 92.9 Å². The Morgan fingerprint density at radius 2 is 1.14 bits per heavy atom. The molecule has 0 aliphatic carbocycles. The van der Waals surface area contributed by atoms with Crippen molar-refractivity contribution in [3.63, 3.8) is 0 Å². The Labute approximate surface area is 195 Å². The van der Waals surface area contributed by atoms with Gasteiger partial charge in [0.2, 0.25) is 0 Å². The number of allylic oxidation sites excluding steroid dienone is 4. The fourth-order valence-corrected chi connectivity index (χ4v) is 2.89. The van der Waals surface area contributed by atoms with Crippen LogP contribution in [0.4, 0.5) is 0 Å². The third-order valence-corrected chi connectivity index (χ3v) is 4.41. The van der Waals surface area contributed by atoms with Gasteiger partial charge in [-0.15, -0.1) is 0 Å². The molecule has 6 nitrogen and oxygen atoms in total. The Hall–Kier alpha value is 0.110. The van der Waals surface area contributed by atoms with Crippen LogP contribution in [0, 0.1) is 11.8 Å². The van der Waals surface area contributed by atoms with E-state index in [1.807, 2.05) is 0 Å². The molecule has 0 heterocycles. The Bertz CT molecular complexity index is 465. The van der Waals surface area contributed by atoms with Gasteiger partial charge in [-0.05, 0) is 51.7 Å². The van der Waals surface area contributed by atoms with Gasteiger partial charge in [-0.3, -0.25) is 9.11 Å². The molecule has 0 aliphatic rings. The standard InChI is InChI=1S/C20H38O.Na.H2O4S.H2O.H/c1-7-13-15-17(9-3)19(11-5)21-20(12-6)18(10-4)16-14-8-2;;1-5(2,3)4;;/h11-12,17-18H,7-10,13-16H2,1-6H3;;(H2,1,2,3,4);1H2;. The molecule has 0 amide bonds. The zero-order valence-corrected chi connectivity index (χ0v) is 18.8. The van der Waals surface area contributed by atoms with Gasteiger partial charge in [0.05, 0.1) is 0 Å². The van der Waals surface area contributed by atoms with Gasteiger partial charge >= 0.3 is 40.0 Å². The Balaban J connectivity index is -0.000000364. The molecule has 0 fully saturated rings. The van der Waals surface area contributed by atoms with Gasteiger partial charge in [-0.1, -0.05) is 53.4 Å². The molecule has 8 heteroatoms. The zero-order valence-electron chi connectivity index (χ0n) is 18.0. The minimum absolute atomic E-state index is 0. The number of hydrogen-bond acceptors (Lipinski definition) is 3. The van der Waals surface area contributed by atoms with Crippen molar-refractivity contribution in [2.45, 2.75) is 92.9 Å². The maximum atomic E-state index is 8.74. The van der Waals surface area contributed by atoms with Crippen LogP contribution in [0.3, 0.4) is 0 Å². The molecule has 0 aromatic heterocycles. The maximum absolute atomic E-state index is 8.74. The van der Waals surface area contributed by atoms with Crippen LogP contribution in [-0.4, -0.2) is 52.6 Å². The summed E-state index contributed by atoms with van der Waals surface area (Å²) >= 11 is 0. The second-order valence-electron chi connectivity index (χ2n) is 6.43. The molecule has 0 aliphatic heterocycles. The molecule has 0 radical (unpaired) electrons. The van der Waals surface area contributed by atoms with Crippen LogP contribution in [-0.2, 0) is 15.1 Å². The normalized spacial score (nSPS) is 14.0. The molecular weight excluding hydrogens is 391 g/mol. The Morgan fingerprint density at radius 3 is 1.32 bits per heavy atom. The van der Waals surface area contributed by atoms with E-state index in [4.69, 9.17) is 22.3 Å². The second kappa shape index (κ2) is 21.8. The van der Waals surface area contributed by atoms with E-state index in [0.29, 0.717) is 11.8 Å². The molecule has 0 spiro atoms. The van der Waals surface area contributed by atoms with Crippen molar-refractivity contribution in [2.24, 2.45) is 11.8 Å². The first-order valence-corrected chi connectivity index (χ1v) is 11.3. The summed E-state index contributed by atoms with van der Waals surface area (Å²) in [6.45, 7) is 13.3. The molecule has 2 unspecified atom stereocenters. The molecule has 0 aromatic carbocycles. The molecular formula is C20H43NaO6S. The summed E-state index contributed by atoms with van der Waals surface area (Å²) in [4.78, 5) is 0. The Morgan fingerprint density at radius 1 is 0.857 bits per heavy atom. The molecule has 0 saturated carbocycles. The van der Waals surface area contributed by atoms with Crippen LogP contribution in [0.15, 0.2) is 23.7 Å².